The van der Waals surface area contributed by atoms with E-state index < -0.39 is 17.3 Å². The molecule has 0 aliphatic rings. The van der Waals surface area contributed by atoms with E-state index >= 15 is 0 Å². The van der Waals surface area contributed by atoms with Crippen molar-refractivity contribution in [2.75, 3.05) is 7.11 Å². The van der Waals surface area contributed by atoms with Crippen molar-refractivity contribution in [1.82, 2.24) is 14.7 Å². The molecule has 0 aliphatic heterocycles. The monoisotopic (exact) mass is 351 g/mol. The highest BCUT2D eigenvalue weighted by molar-refractivity contribution is 5.63. The summed E-state index contributed by atoms with van der Waals surface area (Å²) < 4.78 is 49.5. The van der Waals surface area contributed by atoms with Crippen molar-refractivity contribution in [2.45, 2.75) is 12.7 Å². The molecule has 1 aromatic carbocycles. The molecule has 0 bridgehead atoms. The number of para-hydroxylation sites is 1. The Balaban J connectivity index is 1.92. The van der Waals surface area contributed by atoms with Gasteiger partial charge in [0.15, 0.2) is 0 Å². The van der Waals surface area contributed by atoms with Gasteiger partial charge in [0, 0.05) is 6.20 Å². The van der Waals surface area contributed by atoms with Gasteiger partial charge in [0.1, 0.15) is 17.9 Å². The maximum absolute atomic E-state index is 12.8. The summed E-state index contributed by atoms with van der Waals surface area (Å²) in [4.78, 5) is 16.0. The zero-order chi connectivity index (χ0) is 18.0. The topological polar surface area (TPSA) is 70.2 Å². The molecule has 3 rings (SSSR count). The standard InChI is InChI=1S/C16H12F3N3O3/c1-24-12-7-3-2-5-10(12)14-20-13(25-21-14)9-22-8-4-6-11(15(22)23)16(17,18)19/h2-8H,9H2,1H3. The first kappa shape index (κ1) is 16.7. The molecule has 130 valence electrons. The van der Waals surface area contributed by atoms with E-state index in [0.717, 1.165) is 16.7 Å². The van der Waals surface area contributed by atoms with Crippen LogP contribution in [-0.4, -0.2) is 21.8 Å². The number of aromatic nitrogens is 3. The number of methoxy groups -OCH3 is 1. The zero-order valence-electron chi connectivity index (χ0n) is 12.9. The molecular formula is C16H12F3N3O3. The Hall–Kier alpha value is -3.10. The van der Waals surface area contributed by atoms with Gasteiger partial charge in [-0.1, -0.05) is 17.3 Å². The molecule has 6 nitrogen and oxygen atoms in total. The van der Waals surface area contributed by atoms with Crippen molar-refractivity contribution in [2.24, 2.45) is 0 Å². The lowest BCUT2D eigenvalue weighted by atomic mass is 10.2. The zero-order valence-corrected chi connectivity index (χ0v) is 12.9. The number of ether oxygens (including phenoxy) is 1. The van der Waals surface area contributed by atoms with Crippen LogP contribution in [0.2, 0.25) is 0 Å². The third kappa shape index (κ3) is 3.39. The van der Waals surface area contributed by atoms with Gasteiger partial charge in [-0.3, -0.25) is 4.79 Å². The summed E-state index contributed by atoms with van der Waals surface area (Å²) in [5, 5.41) is 3.79. The van der Waals surface area contributed by atoms with Gasteiger partial charge < -0.3 is 13.8 Å². The van der Waals surface area contributed by atoms with Crippen LogP contribution in [0.3, 0.4) is 0 Å². The van der Waals surface area contributed by atoms with E-state index in [0.29, 0.717) is 11.3 Å². The van der Waals surface area contributed by atoms with Crippen LogP contribution in [0.4, 0.5) is 13.2 Å². The summed E-state index contributed by atoms with van der Waals surface area (Å²) in [6.45, 7) is -0.273. The molecule has 0 amide bonds. The van der Waals surface area contributed by atoms with Gasteiger partial charge in [-0.15, -0.1) is 0 Å². The highest BCUT2D eigenvalue weighted by Gasteiger charge is 2.34. The number of alkyl halides is 3. The smallest absolute Gasteiger partial charge is 0.421 e. The number of rotatable bonds is 4. The van der Waals surface area contributed by atoms with Crippen molar-refractivity contribution in [3.8, 4) is 17.1 Å². The van der Waals surface area contributed by atoms with Crippen molar-refractivity contribution in [3.63, 3.8) is 0 Å². The maximum atomic E-state index is 12.8. The van der Waals surface area contributed by atoms with E-state index in [9.17, 15) is 18.0 Å². The molecule has 25 heavy (non-hydrogen) atoms. The maximum Gasteiger partial charge on any atom is 0.421 e. The summed E-state index contributed by atoms with van der Waals surface area (Å²) in [6.07, 6.45) is -3.50. The summed E-state index contributed by atoms with van der Waals surface area (Å²) in [5.41, 5.74) is -1.86. The molecule has 2 heterocycles. The van der Waals surface area contributed by atoms with E-state index in [2.05, 4.69) is 10.1 Å². The Labute approximate surface area is 139 Å². The van der Waals surface area contributed by atoms with Crippen LogP contribution < -0.4 is 10.3 Å². The molecule has 9 heteroatoms. The summed E-state index contributed by atoms with van der Waals surface area (Å²) in [5.74, 6) is 0.737. The third-order valence-electron chi connectivity index (χ3n) is 3.45. The average Bonchev–Trinajstić information content (AvgIpc) is 3.04. The van der Waals surface area contributed by atoms with Crippen LogP contribution in [0.5, 0.6) is 5.75 Å². The van der Waals surface area contributed by atoms with Crippen LogP contribution in [0.1, 0.15) is 11.5 Å². The van der Waals surface area contributed by atoms with Gasteiger partial charge in [-0.05, 0) is 24.3 Å². The minimum Gasteiger partial charge on any atom is -0.496 e. The SMILES string of the molecule is COc1ccccc1-c1noc(Cn2cccc(C(F)(F)F)c2=O)n1. The number of benzene rings is 1. The molecule has 0 unspecified atom stereocenters. The highest BCUT2D eigenvalue weighted by atomic mass is 19.4. The number of halogens is 3. The number of nitrogens with zero attached hydrogens (tertiary/aromatic N) is 3. The van der Waals surface area contributed by atoms with Crippen LogP contribution in [0, 0.1) is 0 Å². The molecule has 0 fully saturated rings. The molecule has 0 N–H and O–H groups in total. The number of pyridine rings is 1. The van der Waals surface area contributed by atoms with E-state index in [-0.39, 0.29) is 18.3 Å². The second-order valence-electron chi connectivity index (χ2n) is 5.06. The van der Waals surface area contributed by atoms with E-state index in [1.54, 1.807) is 24.3 Å². The molecule has 2 aromatic heterocycles. The number of hydrogen-bond acceptors (Lipinski definition) is 5. The van der Waals surface area contributed by atoms with E-state index in [1.165, 1.54) is 13.3 Å². The van der Waals surface area contributed by atoms with Crippen molar-refractivity contribution >= 4 is 0 Å². The van der Waals surface area contributed by atoms with E-state index in [4.69, 9.17) is 9.26 Å². The molecular weight excluding hydrogens is 339 g/mol. The number of hydrogen-bond donors (Lipinski definition) is 0. The van der Waals surface area contributed by atoms with Crippen molar-refractivity contribution < 1.29 is 22.4 Å². The fourth-order valence-corrected chi connectivity index (χ4v) is 2.28. The lowest BCUT2D eigenvalue weighted by molar-refractivity contribution is -0.139. The predicted octanol–water partition coefficient (Wildman–Crippen LogP) is 2.97. The summed E-state index contributed by atoms with van der Waals surface area (Å²) in [6, 6.07) is 8.82. The highest BCUT2D eigenvalue weighted by Crippen LogP contribution is 2.28. The molecule has 0 saturated carbocycles. The first-order chi connectivity index (χ1) is 11.9. The third-order valence-corrected chi connectivity index (χ3v) is 3.45. The van der Waals surface area contributed by atoms with Crippen LogP contribution in [-0.2, 0) is 12.7 Å². The van der Waals surface area contributed by atoms with Crippen LogP contribution >= 0.6 is 0 Å². The Kier molecular flexibility index (Phi) is 4.30. The van der Waals surface area contributed by atoms with Gasteiger partial charge in [-0.25, -0.2) is 0 Å². The van der Waals surface area contributed by atoms with Gasteiger partial charge in [0.2, 0.25) is 11.7 Å². The molecule has 0 aliphatic carbocycles. The van der Waals surface area contributed by atoms with Crippen molar-refractivity contribution in [1.29, 1.82) is 0 Å². The summed E-state index contributed by atoms with van der Waals surface area (Å²) >= 11 is 0. The quantitative estimate of drug-likeness (QED) is 0.723. The van der Waals surface area contributed by atoms with Crippen LogP contribution in [0.25, 0.3) is 11.4 Å². The lowest BCUT2D eigenvalue weighted by Gasteiger charge is -2.08. The van der Waals surface area contributed by atoms with Gasteiger partial charge in [0.05, 0.1) is 12.7 Å². The minimum atomic E-state index is -4.72. The minimum absolute atomic E-state index is 0.00216. The summed E-state index contributed by atoms with van der Waals surface area (Å²) in [7, 11) is 1.49. The molecule has 3 aromatic rings. The Morgan fingerprint density at radius 1 is 1.20 bits per heavy atom. The lowest BCUT2D eigenvalue weighted by Crippen LogP contribution is -2.28. The first-order valence-corrected chi connectivity index (χ1v) is 7.13. The Morgan fingerprint density at radius 2 is 1.96 bits per heavy atom. The second-order valence-corrected chi connectivity index (χ2v) is 5.06. The predicted molar refractivity (Wildman–Crippen MR) is 81.1 cm³/mol. The van der Waals surface area contributed by atoms with E-state index in [1.807, 2.05) is 0 Å². The first-order valence-electron chi connectivity index (χ1n) is 7.13. The second kappa shape index (κ2) is 6.42. The fraction of sp³-hybridized carbons (Fsp3) is 0.188. The fourth-order valence-electron chi connectivity index (χ4n) is 2.28. The average molecular weight is 351 g/mol. The normalized spacial score (nSPS) is 11.5. The van der Waals surface area contributed by atoms with Gasteiger partial charge >= 0.3 is 6.18 Å². The van der Waals surface area contributed by atoms with Gasteiger partial charge in [-0.2, -0.15) is 18.2 Å². The molecule has 0 atom stereocenters. The molecule has 0 radical (unpaired) electrons. The molecule has 0 spiro atoms. The Bertz CT molecular complexity index is 947. The van der Waals surface area contributed by atoms with Crippen molar-refractivity contribution in [3.05, 3.63) is 64.4 Å². The van der Waals surface area contributed by atoms with Crippen LogP contribution in [0.15, 0.2) is 51.9 Å². The molecule has 0 saturated heterocycles. The van der Waals surface area contributed by atoms with Gasteiger partial charge in [0.25, 0.3) is 5.56 Å². The Morgan fingerprint density at radius 3 is 2.68 bits per heavy atom. The largest absolute Gasteiger partial charge is 0.496 e.